The number of rotatable bonds is 3. The number of amides is 1. The summed E-state index contributed by atoms with van der Waals surface area (Å²) < 4.78 is 0. The molecule has 0 aromatic heterocycles. The van der Waals surface area contributed by atoms with Gasteiger partial charge in [0.25, 0.3) is 0 Å². The lowest BCUT2D eigenvalue weighted by molar-refractivity contribution is -0.123. The SMILES string of the molecule is CCC(NC1=NC2NNCC2C(=O)N1)c1ccc(Cl)cc1. The molecule has 1 aromatic carbocycles. The van der Waals surface area contributed by atoms with Gasteiger partial charge in [0, 0.05) is 11.6 Å². The van der Waals surface area contributed by atoms with Crippen LogP contribution in [0.3, 0.4) is 0 Å². The molecule has 21 heavy (non-hydrogen) atoms. The van der Waals surface area contributed by atoms with Crippen molar-refractivity contribution in [2.45, 2.75) is 25.6 Å². The molecule has 0 bridgehead atoms. The third-order valence-corrected chi connectivity index (χ3v) is 4.04. The summed E-state index contributed by atoms with van der Waals surface area (Å²) in [5, 5.41) is 6.83. The van der Waals surface area contributed by atoms with Gasteiger partial charge in [0.05, 0.1) is 12.0 Å². The van der Waals surface area contributed by atoms with E-state index in [1.54, 1.807) is 0 Å². The van der Waals surface area contributed by atoms with Crippen LogP contribution < -0.4 is 21.5 Å². The quantitative estimate of drug-likeness (QED) is 0.670. The summed E-state index contributed by atoms with van der Waals surface area (Å²) >= 11 is 5.92. The number of nitrogens with zero attached hydrogens (tertiary/aromatic N) is 1. The fraction of sp³-hybridized carbons (Fsp3) is 0.429. The fourth-order valence-electron chi connectivity index (χ4n) is 2.58. The molecule has 0 saturated carbocycles. The minimum atomic E-state index is -0.205. The average molecular weight is 308 g/mol. The normalized spacial score (nSPS) is 25.8. The Balaban J connectivity index is 1.75. The van der Waals surface area contributed by atoms with Crippen LogP contribution in [0.4, 0.5) is 0 Å². The average Bonchev–Trinajstić information content (AvgIpc) is 2.95. The molecule has 2 aliphatic heterocycles. The molecule has 0 aliphatic carbocycles. The van der Waals surface area contributed by atoms with Gasteiger partial charge >= 0.3 is 0 Å². The van der Waals surface area contributed by atoms with E-state index >= 15 is 0 Å². The van der Waals surface area contributed by atoms with Crippen molar-refractivity contribution >= 4 is 23.5 Å². The summed E-state index contributed by atoms with van der Waals surface area (Å²) in [6, 6.07) is 7.76. The van der Waals surface area contributed by atoms with Crippen LogP contribution in [-0.4, -0.2) is 24.6 Å². The summed E-state index contributed by atoms with van der Waals surface area (Å²) in [7, 11) is 0. The van der Waals surface area contributed by atoms with Crippen molar-refractivity contribution in [3.8, 4) is 0 Å². The number of guanidine groups is 1. The molecule has 4 N–H and O–H groups in total. The predicted molar refractivity (Wildman–Crippen MR) is 81.6 cm³/mol. The monoisotopic (exact) mass is 307 g/mol. The molecule has 1 aromatic rings. The molecule has 1 saturated heterocycles. The zero-order valence-corrected chi connectivity index (χ0v) is 12.4. The van der Waals surface area contributed by atoms with Gasteiger partial charge < -0.3 is 5.32 Å². The zero-order chi connectivity index (χ0) is 14.8. The first kappa shape index (κ1) is 14.3. The third-order valence-electron chi connectivity index (χ3n) is 3.79. The molecule has 1 amide bonds. The van der Waals surface area contributed by atoms with E-state index in [-0.39, 0.29) is 24.0 Å². The van der Waals surface area contributed by atoms with Crippen molar-refractivity contribution in [3.05, 3.63) is 34.9 Å². The Morgan fingerprint density at radius 1 is 1.43 bits per heavy atom. The highest BCUT2D eigenvalue weighted by molar-refractivity contribution is 6.30. The van der Waals surface area contributed by atoms with Gasteiger partial charge in [0.2, 0.25) is 5.91 Å². The molecule has 2 aliphatic rings. The van der Waals surface area contributed by atoms with E-state index < -0.39 is 0 Å². The molecule has 2 heterocycles. The minimum Gasteiger partial charge on any atom is -0.349 e. The summed E-state index contributed by atoms with van der Waals surface area (Å²) in [5.74, 6) is 0.353. The number of hydrazine groups is 1. The van der Waals surface area contributed by atoms with Crippen molar-refractivity contribution in [1.29, 1.82) is 0 Å². The van der Waals surface area contributed by atoms with Crippen molar-refractivity contribution in [3.63, 3.8) is 0 Å². The van der Waals surface area contributed by atoms with Gasteiger partial charge in [0.1, 0.15) is 6.17 Å². The summed E-state index contributed by atoms with van der Waals surface area (Å²) in [6.45, 7) is 2.68. The van der Waals surface area contributed by atoms with Crippen molar-refractivity contribution in [2.75, 3.05) is 6.54 Å². The van der Waals surface area contributed by atoms with E-state index in [9.17, 15) is 4.79 Å². The number of nitrogens with one attached hydrogen (secondary N) is 4. The summed E-state index contributed by atoms with van der Waals surface area (Å²) in [6.07, 6.45) is 0.667. The zero-order valence-electron chi connectivity index (χ0n) is 11.7. The van der Waals surface area contributed by atoms with Crippen LogP contribution in [0.5, 0.6) is 0 Å². The Morgan fingerprint density at radius 3 is 2.90 bits per heavy atom. The Labute approximate surface area is 128 Å². The summed E-state index contributed by atoms with van der Waals surface area (Å²) in [5.41, 5.74) is 7.07. The van der Waals surface area contributed by atoms with E-state index in [4.69, 9.17) is 11.6 Å². The maximum absolute atomic E-state index is 12.0. The predicted octanol–water partition coefficient (Wildman–Crippen LogP) is 0.917. The van der Waals surface area contributed by atoms with Crippen LogP contribution in [0.2, 0.25) is 5.02 Å². The standard InChI is InChI=1S/C14H18ClN5O/c1-2-11(8-3-5-9(15)6-4-8)17-14-18-12-10(7-16-20-12)13(21)19-14/h3-6,10-12,16,20H,2,7H2,1H3,(H2,17,18,19,21). The van der Waals surface area contributed by atoms with Crippen LogP contribution in [0.15, 0.2) is 29.3 Å². The Kier molecular flexibility index (Phi) is 4.10. The molecule has 0 spiro atoms. The minimum absolute atomic E-state index is 0.0130. The van der Waals surface area contributed by atoms with Crippen LogP contribution in [0, 0.1) is 5.92 Å². The van der Waals surface area contributed by atoms with Crippen LogP contribution in [0.25, 0.3) is 0 Å². The van der Waals surface area contributed by atoms with Gasteiger partial charge in [-0.2, -0.15) is 0 Å². The number of carbonyl (C=O) groups excluding carboxylic acids is 1. The largest absolute Gasteiger partial charge is 0.349 e. The molecule has 112 valence electrons. The molecule has 3 atom stereocenters. The molecule has 3 unspecified atom stereocenters. The fourth-order valence-corrected chi connectivity index (χ4v) is 2.71. The van der Waals surface area contributed by atoms with E-state index in [2.05, 4.69) is 33.4 Å². The number of fused-ring (bicyclic) bond motifs is 1. The van der Waals surface area contributed by atoms with E-state index in [1.165, 1.54) is 0 Å². The second kappa shape index (κ2) is 6.01. The number of hydrogen-bond acceptors (Lipinski definition) is 5. The molecule has 3 rings (SSSR count). The van der Waals surface area contributed by atoms with Crippen LogP contribution in [-0.2, 0) is 4.79 Å². The molecule has 6 nitrogen and oxygen atoms in total. The van der Waals surface area contributed by atoms with Crippen LogP contribution >= 0.6 is 11.6 Å². The first-order valence-electron chi connectivity index (χ1n) is 7.06. The van der Waals surface area contributed by atoms with Gasteiger partial charge in [0.15, 0.2) is 5.96 Å². The van der Waals surface area contributed by atoms with E-state index in [0.29, 0.717) is 17.5 Å². The van der Waals surface area contributed by atoms with Crippen molar-refractivity contribution in [1.82, 2.24) is 21.5 Å². The second-order valence-corrected chi connectivity index (χ2v) is 5.64. The lowest BCUT2D eigenvalue weighted by Gasteiger charge is -2.26. The number of hydrogen-bond donors (Lipinski definition) is 4. The van der Waals surface area contributed by atoms with Crippen molar-refractivity contribution in [2.24, 2.45) is 10.9 Å². The highest BCUT2D eigenvalue weighted by Crippen LogP contribution is 2.20. The Morgan fingerprint density at radius 2 is 2.19 bits per heavy atom. The van der Waals surface area contributed by atoms with Gasteiger partial charge in [-0.1, -0.05) is 30.7 Å². The maximum atomic E-state index is 12.0. The van der Waals surface area contributed by atoms with Gasteiger partial charge in [-0.3, -0.25) is 15.5 Å². The van der Waals surface area contributed by atoms with E-state index in [0.717, 1.165) is 12.0 Å². The second-order valence-electron chi connectivity index (χ2n) is 5.20. The van der Waals surface area contributed by atoms with Gasteiger partial charge in [-0.25, -0.2) is 10.4 Å². The molecular weight excluding hydrogens is 290 g/mol. The molecule has 7 heteroatoms. The van der Waals surface area contributed by atoms with Crippen molar-refractivity contribution < 1.29 is 4.79 Å². The van der Waals surface area contributed by atoms with Gasteiger partial charge in [-0.05, 0) is 24.1 Å². The topological polar surface area (TPSA) is 77.6 Å². The summed E-state index contributed by atoms with van der Waals surface area (Å²) in [4.78, 5) is 16.5. The highest BCUT2D eigenvalue weighted by atomic mass is 35.5. The lowest BCUT2D eigenvalue weighted by Crippen LogP contribution is -2.52. The number of halogens is 1. The number of carbonyl (C=O) groups is 1. The molecule has 0 radical (unpaired) electrons. The Bertz CT molecular complexity index is 559. The highest BCUT2D eigenvalue weighted by Gasteiger charge is 2.37. The number of aliphatic imine (C=N–C) groups is 1. The molecular formula is C14H18ClN5O. The molecule has 1 fully saturated rings. The van der Waals surface area contributed by atoms with Gasteiger partial charge in [-0.15, -0.1) is 0 Å². The maximum Gasteiger partial charge on any atom is 0.234 e. The number of benzene rings is 1. The Hall–Kier alpha value is -1.63. The first-order valence-corrected chi connectivity index (χ1v) is 7.44. The van der Waals surface area contributed by atoms with E-state index in [1.807, 2.05) is 24.3 Å². The third kappa shape index (κ3) is 3.02. The van der Waals surface area contributed by atoms with Crippen LogP contribution in [0.1, 0.15) is 24.9 Å². The lowest BCUT2D eigenvalue weighted by atomic mass is 10.0. The smallest absolute Gasteiger partial charge is 0.234 e. The first-order chi connectivity index (χ1) is 10.2.